The SMILES string of the molecule is Cc1nc(N(C)C23CC4CC(CC(C4)C2)C3)c(N)[nH]1. The maximum absolute atomic E-state index is 6.10. The Balaban J connectivity index is 1.69. The number of aromatic nitrogens is 2. The van der Waals surface area contributed by atoms with Gasteiger partial charge in [0.1, 0.15) is 11.6 Å². The lowest BCUT2D eigenvalue weighted by Crippen LogP contribution is -2.59. The first kappa shape index (κ1) is 11.6. The third-order valence-electron chi connectivity index (χ3n) is 5.87. The maximum Gasteiger partial charge on any atom is 0.171 e. The highest BCUT2D eigenvalue weighted by Gasteiger charge is 2.53. The van der Waals surface area contributed by atoms with Crippen molar-refractivity contribution in [2.75, 3.05) is 17.7 Å². The fourth-order valence-corrected chi connectivity index (χ4v) is 5.45. The molecule has 0 radical (unpaired) electrons. The number of aromatic amines is 1. The van der Waals surface area contributed by atoms with Crippen molar-refractivity contribution in [3.8, 4) is 0 Å². The van der Waals surface area contributed by atoms with Gasteiger partial charge in [0, 0.05) is 12.6 Å². The smallest absolute Gasteiger partial charge is 0.171 e. The van der Waals surface area contributed by atoms with Crippen molar-refractivity contribution in [2.24, 2.45) is 17.8 Å². The lowest BCUT2D eigenvalue weighted by molar-refractivity contribution is -0.00221. The van der Waals surface area contributed by atoms with Crippen LogP contribution in [0, 0.1) is 24.7 Å². The van der Waals surface area contributed by atoms with E-state index >= 15 is 0 Å². The van der Waals surface area contributed by atoms with Crippen molar-refractivity contribution < 1.29 is 0 Å². The van der Waals surface area contributed by atoms with Gasteiger partial charge in [-0.2, -0.15) is 0 Å². The van der Waals surface area contributed by atoms with Gasteiger partial charge in [-0.3, -0.25) is 0 Å². The van der Waals surface area contributed by atoms with Gasteiger partial charge < -0.3 is 15.6 Å². The minimum atomic E-state index is 0.338. The number of nitrogens with zero attached hydrogens (tertiary/aromatic N) is 2. The van der Waals surface area contributed by atoms with Crippen molar-refractivity contribution in [1.82, 2.24) is 9.97 Å². The van der Waals surface area contributed by atoms with Gasteiger partial charge in [0.15, 0.2) is 5.82 Å². The molecule has 4 saturated carbocycles. The molecule has 0 unspecified atom stereocenters. The third kappa shape index (κ3) is 1.61. The zero-order valence-corrected chi connectivity index (χ0v) is 11.9. The zero-order chi connectivity index (χ0) is 13.2. The first-order valence-electron chi connectivity index (χ1n) is 7.62. The number of anilines is 2. The van der Waals surface area contributed by atoms with Crippen LogP contribution in [-0.4, -0.2) is 22.6 Å². The molecule has 4 aliphatic rings. The number of nitrogens with one attached hydrogen (secondary N) is 1. The van der Waals surface area contributed by atoms with Gasteiger partial charge in [-0.1, -0.05) is 0 Å². The zero-order valence-electron chi connectivity index (χ0n) is 11.9. The topological polar surface area (TPSA) is 57.9 Å². The molecule has 4 fully saturated rings. The summed E-state index contributed by atoms with van der Waals surface area (Å²) < 4.78 is 0. The Morgan fingerprint density at radius 1 is 1.16 bits per heavy atom. The number of aryl methyl sites for hydroxylation is 1. The number of imidazole rings is 1. The standard InChI is InChI=1S/C15H24N4/c1-9-17-13(16)14(18-9)19(2)15-6-10-3-11(7-15)5-12(4-10)8-15/h10-12H,3-8,16H2,1-2H3,(H,17,18). The Bertz CT molecular complexity index is 469. The molecule has 4 nitrogen and oxygen atoms in total. The molecule has 4 aliphatic carbocycles. The fraction of sp³-hybridized carbons (Fsp3) is 0.800. The van der Waals surface area contributed by atoms with Crippen molar-refractivity contribution in [1.29, 1.82) is 0 Å². The van der Waals surface area contributed by atoms with Crippen molar-refractivity contribution in [2.45, 2.75) is 51.0 Å². The van der Waals surface area contributed by atoms with Gasteiger partial charge in [-0.15, -0.1) is 0 Å². The summed E-state index contributed by atoms with van der Waals surface area (Å²) in [4.78, 5) is 10.2. The summed E-state index contributed by atoms with van der Waals surface area (Å²) in [5, 5.41) is 0. The van der Waals surface area contributed by atoms with E-state index in [9.17, 15) is 0 Å². The van der Waals surface area contributed by atoms with Crippen LogP contribution in [0.1, 0.15) is 44.3 Å². The average molecular weight is 260 g/mol. The Kier molecular flexibility index (Phi) is 2.25. The predicted molar refractivity (Wildman–Crippen MR) is 77.0 cm³/mol. The van der Waals surface area contributed by atoms with Crippen molar-refractivity contribution in [3.63, 3.8) is 0 Å². The number of nitrogen functional groups attached to an aromatic ring is 1. The van der Waals surface area contributed by atoms with Gasteiger partial charge in [-0.25, -0.2) is 4.98 Å². The monoisotopic (exact) mass is 260 g/mol. The first-order chi connectivity index (χ1) is 9.06. The minimum absolute atomic E-state index is 0.338. The van der Waals surface area contributed by atoms with E-state index in [-0.39, 0.29) is 0 Å². The van der Waals surface area contributed by atoms with E-state index in [1.807, 2.05) is 6.92 Å². The second kappa shape index (κ2) is 3.68. The average Bonchev–Trinajstić information content (AvgIpc) is 2.65. The number of nitrogens with two attached hydrogens (primary N) is 1. The summed E-state index contributed by atoms with van der Waals surface area (Å²) in [5.74, 6) is 5.49. The lowest BCUT2D eigenvalue weighted by atomic mass is 9.52. The molecule has 0 amide bonds. The molecule has 0 saturated heterocycles. The highest BCUT2D eigenvalue weighted by molar-refractivity contribution is 5.60. The number of rotatable bonds is 2. The van der Waals surface area contributed by atoms with Crippen LogP contribution in [0.4, 0.5) is 11.6 Å². The van der Waals surface area contributed by atoms with Crippen molar-refractivity contribution >= 4 is 11.6 Å². The first-order valence-corrected chi connectivity index (χ1v) is 7.62. The molecule has 5 rings (SSSR count). The number of hydrogen-bond acceptors (Lipinski definition) is 3. The quantitative estimate of drug-likeness (QED) is 0.859. The second-order valence-electron chi connectivity index (χ2n) is 7.26. The van der Waals surface area contributed by atoms with Crippen LogP contribution in [0.3, 0.4) is 0 Å². The summed E-state index contributed by atoms with van der Waals surface area (Å²) in [5.41, 5.74) is 6.44. The van der Waals surface area contributed by atoms with E-state index in [1.165, 1.54) is 38.5 Å². The minimum Gasteiger partial charge on any atom is -0.382 e. The van der Waals surface area contributed by atoms with E-state index in [2.05, 4.69) is 21.9 Å². The molecular formula is C15H24N4. The second-order valence-corrected chi connectivity index (χ2v) is 7.26. The van der Waals surface area contributed by atoms with E-state index in [4.69, 9.17) is 5.73 Å². The number of H-pyrrole nitrogens is 1. The third-order valence-corrected chi connectivity index (χ3v) is 5.87. The molecule has 0 aromatic carbocycles. The van der Waals surface area contributed by atoms with Crippen LogP contribution < -0.4 is 10.6 Å². The van der Waals surface area contributed by atoms with E-state index in [0.717, 1.165) is 35.2 Å². The van der Waals surface area contributed by atoms with E-state index in [1.54, 1.807) is 0 Å². The molecule has 1 heterocycles. The van der Waals surface area contributed by atoms with E-state index < -0.39 is 0 Å². The molecular weight excluding hydrogens is 236 g/mol. The summed E-state index contributed by atoms with van der Waals surface area (Å²) >= 11 is 0. The molecule has 0 atom stereocenters. The summed E-state index contributed by atoms with van der Waals surface area (Å²) in [6.45, 7) is 1.98. The lowest BCUT2D eigenvalue weighted by Gasteiger charge is -2.60. The van der Waals surface area contributed by atoms with Crippen LogP contribution >= 0.6 is 0 Å². The predicted octanol–water partition coefficient (Wildman–Crippen LogP) is 2.71. The molecule has 104 valence electrons. The fourth-order valence-electron chi connectivity index (χ4n) is 5.45. The molecule has 1 aromatic heterocycles. The highest BCUT2D eigenvalue weighted by Crippen LogP contribution is 2.58. The van der Waals surface area contributed by atoms with Gasteiger partial charge >= 0.3 is 0 Å². The molecule has 4 heteroatoms. The number of hydrogen-bond donors (Lipinski definition) is 2. The highest BCUT2D eigenvalue weighted by atomic mass is 15.3. The molecule has 4 bridgehead atoms. The van der Waals surface area contributed by atoms with Crippen LogP contribution in [0.5, 0.6) is 0 Å². The Morgan fingerprint density at radius 3 is 2.11 bits per heavy atom. The Morgan fingerprint density at radius 2 is 1.68 bits per heavy atom. The van der Waals surface area contributed by atoms with Gasteiger partial charge in [-0.05, 0) is 63.2 Å². The summed E-state index contributed by atoms with van der Waals surface area (Å²) in [6.07, 6.45) is 8.47. The van der Waals surface area contributed by atoms with Crippen LogP contribution in [-0.2, 0) is 0 Å². The largest absolute Gasteiger partial charge is 0.382 e. The molecule has 0 aliphatic heterocycles. The molecule has 1 aromatic rings. The van der Waals surface area contributed by atoms with Crippen LogP contribution in [0.15, 0.2) is 0 Å². The molecule has 0 spiro atoms. The normalized spacial score (nSPS) is 39.8. The summed E-state index contributed by atoms with van der Waals surface area (Å²) in [6, 6.07) is 0. The Labute approximate surface area is 114 Å². The van der Waals surface area contributed by atoms with E-state index in [0.29, 0.717) is 5.54 Å². The maximum atomic E-state index is 6.10. The Hall–Kier alpha value is -1.19. The van der Waals surface area contributed by atoms with Crippen molar-refractivity contribution in [3.05, 3.63) is 5.82 Å². The van der Waals surface area contributed by atoms with Gasteiger partial charge in [0.25, 0.3) is 0 Å². The van der Waals surface area contributed by atoms with Gasteiger partial charge in [0.05, 0.1) is 0 Å². The molecule has 3 N–H and O–H groups in total. The molecule has 19 heavy (non-hydrogen) atoms. The van der Waals surface area contributed by atoms with Gasteiger partial charge in [0.2, 0.25) is 0 Å². The van der Waals surface area contributed by atoms with Crippen LogP contribution in [0.25, 0.3) is 0 Å². The van der Waals surface area contributed by atoms with Crippen LogP contribution in [0.2, 0.25) is 0 Å². The summed E-state index contributed by atoms with van der Waals surface area (Å²) in [7, 11) is 2.21.